The average molecular weight is 291 g/mol. The van der Waals surface area contributed by atoms with Gasteiger partial charge in [-0.25, -0.2) is 9.97 Å². The number of methoxy groups -OCH3 is 1. The van der Waals surface area contributed by atoms with Crippen LogP contribution in [-0.2, 0) is 4.74 Å². The summed E-state index contributed by atoms with van der Waals surface area (Å²) in [4.78, 5) is 11.3. The Labute approximate surface area is 120 Å². The number of hydrogen-bond donors (Lipinski definition) is 1. The minimum atomic E-state index is 0.729. The molecule has 0 saturated heterocycles. The Morgan fingerprint density at radius 3 is 3.05 bits per heavy atom. The van der Waals surface area contributed by atoms with Gasteiger partial charge < -0.3 is 10.1 Å². The van der Waals surface area contributed by atoms with Crippen molar-refractivity contribution in [1.82, 2.24) is 19.6 Å². The number of nitrogens with zero attached hydrogens (tertiary/aromatic N) is 4. The molecule has 0 bridgehead atoms. The third kappa shape index (κ3) is 2.12. The Balaban J connectivity index is 2.04. The zero-order valence-electron chi connectivity index (χ0n) is 11.8. The zero-order chi connectivity index (χ0) is 14.1. The summed E-state index contributed by atoms with van der Waals surface area (Å²) in [5.74, 6) is 0.738. The molecule has 6 nitrogen and oxygen atoms in total. The molecule has 20 heavy (non-hydrogen) atoms. The van der Waals surface area contributed by atoms with Gasteiger partial charge in [0.15, 0.2) is 5.65 Å². The third-order valence-corrected chi connectivity index (χ3v) is 4.46. The number of rotatable bonds is 5. The van der Waals surface area contributed by atoms with Crippen molar-refractivity contribution >= 4 is 33.1 Å². The number of thiophene rings is 1. The number of hydrogen-bond acceptors (Lipinski definition) is 6. The van der Waals surface area contributed by atoms with E-state index < -0.39 is 0 Å². The first-order valence-electron chi connectivity index (χ1n) is 6.54. The van der Waals surface area contributed by atoms with E-state index in [0.29, 0.717) is 0 Å². The largest absolute Gasteiger partial charge is 0.385 e. The van der Waals surface area contributed by atoms with Crippen LogP contribution >= 0.6 is 11.3 Å². The highest BCUT2D eigenvalue weighted by atomic mass is 32.1. The summed E-state index contributed by atoms with van der Waals surface area (Å²) in [7, 11) is 1.71. The van der Waals surface area contributed by atoms with Gasteiger partial charge in [0.2, 0.25) is 5.95 Å². The van der Waals surface area contributed by atoms with Crippen LogP contribution in [0.15, 0.2) is 6.33 Å². The van der Waals surface area contributed by atoms with Crippen LogP contribution in [-0.4, -0.2) is 39.8 Å². The first-order chi connectivity index (χ1) is 9.72. The molecule has 1 N–H and O–H groups in total. The fourth-order valence-electron chi connectivity index (χ4n) is 2.19. The molecule has 3 aromatic rings. The summed E-state index contributed by atoms with van der Waals surface area (Å²) in [6, 6.07) is 0. The van der Waals surface area contributed by atoms with E-state index in [2.05, 4.69) is 34.2 Å². The van der Waals surface area contributed by atoms with Crippen molar-refractivity contribution in [3.05, 3.63) is 16.8 Å². The maximum atomic E-state index is 5.05. The van der Waals surface area contributed by atoms with Gasteiger partial charge in [-0.2, -0.15) is 9.61 Å². The second-order valence-electron chi connectivity index (χ2n) is 4.67. The van der Waals surface area contributed by atoms with E-state index in [1.165, 1.54) is 10.4 Å². The Bertz CT molecular complexity index is 748. The molecule has 0 fully saturated rings. The Hall–Kier alpha value is -1.73. The quantitative estimate of drug-likeness (QED) is 0.731. The molecule has 3 heterocycles. The maximum absolute atomic E-state index is 5.05. The van der Waals surface area contributed by atoms with E-state index in [0.717, 1.165) is 41.4 Å². The fraction of sp³-hybridized carbons (Fsp3) is 0.462. The molecule has 0 aromatic carbocycles. The van der Waals surface area contributed by atoms with Gasteiger partial charge in [-0.1, -0.05) is 0 Å². The topological polar surface area (TPSA) is 64.3 Å². The number of nitrogens with one attached hydrogen (secondary N) is 1. The smallest absolute Gasteiger partial charge is 0.227 e. The molecular formula is C13H17N5OS. The van der Waals surface area contributed by atoms with Gasteiger partial charge in [0.1, 0.15) is 11.2 Å². The van der Waals surface area contributed by atoms with E-state index in [9.17, 15) is 0 Å². The molecule has 0 aliphatic rings. The summed E-state index contributed by atoms with van der Waals surface area (Å²) in [5, 5.41) is 8.68. The van der Waals surface area contributed by atoms with Crippen molar-refractivity contribution in [3.63, 3.8) is 0 Å². The lowest BCUT2D eigenvalue weighted by Gasteiger charge is -2.07. The lowest BCUT2D eigenvalue weighted by molar-refractivity contribution is 0.197. The first kappa shape index (κ1) is 13.3. The van der Waals surface area contributed by atoms with E-state index in [-0.39, 0.29) is 0 Å². The van der Waals surface area contributed by atoms with E-state index >= 15 is 0 Å². The third-order valence-electron chi connectivity index (χ3n) is 3.35. The number of aryl methyl sites for hydroxylation is 2. The van der Waals surface area contributed by atoms with Crippen molar-refractivity contribution in [2.24, 2.45) is 0 Å². The maximum Gasteiger partial charge on any atom is 0.227 e. The van der Waals surface area contributed by atoms with Gasteiger partial charge >= 0.3 is 0 Å². The summed E-state index contributed by atoms with van der Waals surface area (Å²) < 4.78 is 6.82. The van der Waals surface area contributed by atoms with Crippen molar-refractivity contribution in [2.75, 3.05) is 25.6 Å². The summed E-state index contributed by atoms with van der Waals surface area (Å²) >= 11 is 1.70. The Morgan fingerprint density at radius 1 is 1.40 bits per heavy atom. The molecule has 7 heteroatoms. The molecule has 0 amide bonds. The minimum Gasteiger partial charge on any atom is -0.385 e. The lowest BCUT2D eigenvalue weighted by Crippen LogP contribution is -2.10. The number of ether oxygens (including phenoxy) is 1. The number of fused-ring (bicyclic) bond motifs is 3. The highest BCUT2D eigenvalue weighted by molar-refractivity contribution is 7.18. The van der Waals surface area contributed by atoms with Gasteiger partial charge in [0, 0.05) is 25.1 Å². The molecule has 0 saturated carbocycles. The van der Waals surface area contributed by atoms with Crippen LogP contribution in [0.1, 0.15) is 16.9 Å². The van der Waals surface area contributed by atoms with Gasteiger partial charge in [0.25, 0.3) is 0 Å². The molecule has 3 aromatic heterocycles. The number of aromatic nitrogens is 4. The molecule has 0 radical (unpaired) electrons. The van der Waals surface area contributed by atoms with Crippen molar-refractivity contribution in [1.29, 1.82) is 0 Å². The SMILES string of the molecule is COCCCNc1nc2sc(C)c(C)c2c2ncnn12. The standard InChI is InChI=1S/C13H17N5OS/c1-8-9(2)20-12-10(8)11-15-7-16-18(11)13(17-12)14-5-4-6-19-3/h7H,4-6H2,1-3H3,(H,14,17). The van der Waals surface area contributed by atoms with Crippen LogP contribution in [0.25, 0.3) is 15.9 Å². The molecule has 106 valence electrons. The fourth-order valence-corrected chi connectivity index (χ4v) is 3.22. The summed E-state index contributed by atoms with van der Waals surface area (Å²) in [6.45, 7) is 5.74. The predicted molar refractivity (Wildman–Crippen MR) is 80.6 cm³/mol. The molecular weight excluding hydrogens is 274 g/mol. The predicted octanol–water partition coefficient (Wildman–Crippen LogP) is 2.40. The average Bonchev–Trinajstić information content (AvgIpc) is 3.01. The molecule has 0 aliphatic heterocycles. The second-order valence-corrected chi connectivity index (χ2v) is 5.87. The number of anilines is 1. The molecule has 0 unspecified atom stereocenters. The first-order valence-corrected chi connectivity index (χ1v) is 7.36. The van der Waals surface area contributed by atoms with Gasteiger partial charge in [0.05, 0.1) is 5.39 Å². The van der Waals surface area contributed by atoms with Crippen molar-refractivity contribution in [3.8, 4) is 0 Å². The van der Waals surface area contributed by atoms with Crippen LogP contribution in [0.2, 0.25) is 0 Å². The van der Waals surface area contributed by atoms with Crippen LogP contribution < -0.4 is 5.32 Å². The highest BCUT2D eigenvalue weighted by Gasteiger charge is 2.15. The van der Waals surface area contributed by atoms with Crippen molar-refractivity contribution < 1.29 is 4.74 Å². The molecule has 0 atom stereocenters. The normalized spacial score (nSPS) is 11.6. The molecule has 3 rings (SSSR count). The summed E-state index contributed by atoms with van der Waals surface area (Å²) in [6.07, 6.45) is 2.50. The summed E-state index contributed by atoms with van der Waals surface area (Å²) in [5.41, 5.74) is 2.10. The minimum absolute atomic E-state index is 0.729. The van der Waals surface area contributed by atoms with Gasteiger partial charge in [-0.05, 0) is 25.8 Å². The van der Waals surface area contributed by atoms with Crippen molar-refractivity contribution in [2.45, 2.75) is 20.3 Å². The van der Waals surface area contributed by atoms with E-state index in [4.69, 9.17) is 4.74 Å². The zero-order valence-corrected chi connectivity index (χ0v) is 12.6. The van der Waals surface area contributed by atoms with Crippen LogP contribution in [0.3, 0.4) is 0 Å². The van der Waals surface area contributed by atoms with E-state index in [1.807, 2.05) is 0 Å². The van der Waals surface area contributed by atoms with Crippen LogP contribution in [0.4, 0.5) is 5.95 Å². The van der Waals surface area contributed by atoms with Gasteiger partial charge in [-0.15, -0.1) is 11.3 Å². The van der Waals surface area contributed by atoms with Crippen LogP contribution in [0.5, 0.6) is 0 Å². The molecule has 0 aliphatic carbocycles. The molecule has 0 spiro atoms. The van der Waals surface area contributed by atoms with Gasteiger partial charge in [-0.3, -0.25) is 0 Å². The highest BCUT2D eigenvalue weighted by Crippen LogP contribution is 2.32. The monoisotopic (exact) mass is 291 g/mol. The van der Waals surface area contributed by atoms with E-state index in [1.54, 1.807) is 29.3 Å². The Morgan fingerprint density at radius 2 is 2.25 bits per heavy atom. The van der Waals surface area contributed by atoms with Crippen LogP contribution in [0, 0.1) is 13.8 Å². The Kier molecular flexibility index (Phi) is 3.54. The second kappa shape index (κ2) is 5.34. The lowest BCUT2D eigenvalue weighted by atomic mass is 10.2.